The van der Waals surface area contributed by atoms with Gasteiger partial charge in [-0.2, -0.15) is 0 Å². The van der Waals surface area contributed by atoms with Gasteiger partial charge in [0.2, 0.25) is 0 Å². The second-order valence-corrected chi connectivity index (χ2v) is 5.60. The Balaban J connectivity index is 1.81. The summed E-state index contributed by atoms with van der Waals surface area (Å²) in [6, 6.07) is 4.69. The minimum atomic E-state index is -0.150. The number of nitrogens with zero attached hydrogens (tertiary/aromatic N) is 2. The van der Waals surface area contributed by atoms with Crippen LogP contribution in [0.3, 0.4) is 0 Å². The predicted molar refractivity (Wildman–Crippen MR) is 73.4 cm³/mol. The number of rotatable bonds is 3. The van der Waals surface area contributed by atoms with E-state index in [2.05, 4.69) is 9.88 Å². The van der Waals surface area contributed by atoms with Gasteiger partial charge in [-0.1, -0.05) is 6.92 Å². The summed E-state index contributed by atoms with van der Waals surface area (Å²) >= 11 is 0. The van der Waals surface area contributed by atoms with Gasteiger partial charge in [-0.15, -0.1) is 0 Å². The number of ketones is 1. The van der Waals surface area contributed by atoms with Crippen molar-refractivity contribution in [3.05, 3.63) is 24.0 Å². The summed E-state index contributed by atoms with van der Waals surface area (Å²) in [6.45, 7) is 1.85. The topological polar surface area (TPSA) is 53.4 Å². The lowest BCUT2D eigenvalue weighted by molar-refractivity contribution is 0.0983. The van der Waals surface area contributed by atoms with E-state index < -0.39 is 0 Å². The SMILES string of the molecule is CCC(=O)c1ccc(N2C3CCC2CC(O)C3)cn1. The van der Waals surface area contributed by atoms with Crippen molar-refractivity contribution in [1.29, 1.82) is 0 Å². The summed E-state index contributed by atoms with van der Waals surface area (Å²) in [5.74, 6) is 0.0867. The molecule has 2 saturated heterocycles. The van der Waals surface area contributed by atoms with Gasteiger partial charge in [0.1, 0.15) is 5.69 Å². The molecule has 0 saturated carbocycles. The van der Waals surface area contributed by atoms with Crippen molar-refractivity contribution in [2.75, 3.05) is 4.90 Å². The maximum absolute atomic E-state index is 11.6. The molecular formula is C15H20N2O2. The lowest BCUT2D eigenvalue weighted by atomic mass is 9.99. The highest BCUT2D eigenvalue weighted by molar-refractivity contribution is 5.94. The van der Waals surface area contributed by atoms with E-state index in [-0.39, 0.29) is 11.9 Å². The van der Waals surface area contributed by atoms with E-state index in [0.717, 1.165) is 31.4 Å². The Labute approximate surface area is 113 Å². The van der Waals surface area contributed by atoms with Crippen LogP contribution in [0.5, 0.6) is 0 Å². The molecule has 1 aromatic rings. The number of carbonyl (C=O) groups is 1. The third-order valence-electron chi connectivity index (χ3n) is 4.36. The van der Waals surface area contributed by atoms with Crippen LogP contribution in [0.15, 0.2) is 18.3 Å². The fourth-order valence-electron chi connectivity index (χ4n) is 3.45. The Bertz CT molecular complexity index is 458. The summed E-state index contributed by atoms with van der Waals surface area (Å²) < 4.78 is 0. The number of hydrogen-bond acceptors (Lipinski definition) is 4. The van der Waals surface area contributed by atoms with Crippen molar-refractivity contribution in [2.24, 2.45) is 0 Å². The number of piperidine rings is 1. The monoisotopic (exact) mass is 260 g/mol. The molecule has 0 radical (unpaired) electrons. The first-order valence-corrected chi connectivity index (χ1v) is 7.14. The van der Waals surface area contributed by atoms with E-state index in [9.17, 15) is 9.90 Å². The van der Waals surface area contributed by atoms with Crippen LogP contribution in [-0.4, -0.2) is 34.1 Å². The molecule has 19 heavy (non-hydrogen) atoms. The van der Waals surface area contributed by atoms with Gasteiger partial charge < -0.3 is 10.0 Å². The number of hydrogen-bond donors (Lipinski definition) is 1. The lowest BCUT2D eigenvalue weighted by Gasteiger charge is -2.38. The highest BCUT2D eigenvalue weighted by atomic mass is 16.3. The molecule has 2 fully saturated rings. The average Bonchev–Trinajstić information content (AvgIpc) is 2.70. The van der Waals surface area contributed by atoms with Gasteiger partial charge in [-0.3, -0.25) is 9.78 Å². The third kappa shape index (κ3) is 2.25. The van der Waals surface area contributed by atoms with Crippen LogP contribution in [0.1, 0.15) is 49.5 Å². The van der Waals surface area contributed by atoms with Crippen LogP contribution < -0.4 is 4.90 Å². The minimum Gasteiger partial charge on any atom is -0.393 e. The van der Waals surface area contributed by atoms with E-state index in [1.54, 1.807) is 0 Å². The van der Waals surface area contributed by atoms with Crippen molar-refractivity contribution >= 4 is 11.5 Å². The molecule has 102 valence electrons. The molecule has 4 nitrogen and oxygen atoms in total. The summed E-state index contributed by atoms with van der Waals surface area (Å²) in [7, 11) is 0. The number of carbonyl (C=O) groups excluding carboxylic acids is 1. The van der Waals surface area contributed by atoms with E-state index in [1.165, 1.54) is 0 Å². The number of anilines is 1. The first-order chi connectivity index (χ1) is 9.19. The molecule has 3 rings (SSSR count). The Kier molecular flexibility index (Phi) is 3.27. The second kappa shape index (κ2) is 4.93. The number of aliphatic hydroxyl groups excluding tert-OH is 1. The molecular weight excluding hydrogens is 240 g/mol. The molecule has 2 aliphatic rings. The molecule has 3 heterocycles. The molecule has 0 aliphatic carbocycles. The van der Waals surface area contributed by atoms with Crippen molar-refractivity contribution in [2.45, 2.75) is 57.2 Å². The lowest BCUT2D eigenvalue weighted by Crippen LogP contribution is -2.44. The molecule has 2 aliphatic heterocycles. The zero-order valence-electron chi connectivity index (χ0n) is 11.2. The Morgan fingerprint density at radius 3 is 2.58 bits per heavy atom. The average molecular weight is 260 g/mol. The molecule has 0 aromatic carbocycles. The van der Waals surface area contributed by atoms with Gasteiger partial charge in [-0.25, -0.2) is 0 Å². The van der Waals surface area contributed by atoms with Gasteiger partial charge in [0, 0.05) is 18.5 Å². The second-order valence-electron chi connectivity index (χ2n) is 5.60. The van der Waals surface area contributed by atoms with Crippen molar-refractivity contribution < 1.29 is 9.90 Å². The molecule has 1 aromatic heterocycles. The first kappa shape index (κ1) is 12.6. The number of aliphatic hydroxyl groups is 1. The number of fused-ring (bicyclic) bond motifs is 2. The number of Topliss-reactive ketones (excluding diaryl/α,β-unsaturated/α-hetero) is 1. The normalized spacial score (nSPS) is 29.6. The highest BCUT2D eigenvalue weighted by Gasteiger charge is 2.40. The van der Waals surface area contributed by atoms with Crippen LogP contribution >= 0.6 is 0 Å². The Hall–Kier alpha value is -1.42. The molecule has 0 amide bonds. The van der Waals surface area contributed by atoms with Gasteiger partial charge in [0.15, 0.2) is 5.78 Å². The molecule has 2 atom stereocenters. The van der Waals surface area contributed by atoms with Gasteiger partial charge in [-0.05, 0) is 37.8 Å². The van der Waals surface area contributed by atoms with E-state index in [4.69, 9.17) is 0 Å². The van der Waals surface area contributed by atoms with Crippen molar-refractivity contribution in [1.82, 2.24) is 4.98 Å². The van der Waals surface area contributed by atoms with E-state index in [0.29, 0.717) is 24.2 Å². The van der Waals surface area contributed by atoms with Crippen molar-refractivity contribution in [3.8, 4) is 0 Å². The van der Waals surface area contributed by atoms with Gasteiger partial charge >= 0.3 is 0 Å². The summed E-state index contributed by atoms with van der Waals surface area (Å²) in [5.41, 5.74) is 1.64. The van der Waals surface area contributed by atoms with Crippen LogP contribution in [0.25, 0.3) is 0 Å². The molecule has 2 bridgehead atoms. The van der Waals surface area contributed by atoms with E-state index >= 15 is 0 Å². The summed E-state index contributed by atoms with van der Waals surface area (Å²) in [4.78, 5) is 18.3. The Morgan fingerprint density at radius 2 is 2.05 bits per heavy atom. The quantitative estimate of drug-likeness (QED) is 0.846. The van der Waals surface area contributed by atoms with Crippen LogP contribution in [-0.2, 0) is 0 Å². The molecule has 0 spiro atoms. The fraction of sp³-hybridized carbons (Fsp3) is 0.600. The molecule has 2 unspecified atom stereocenters. The maximum Gasteiger partial charge on any atom is 0.180 e. The van der Waals surface area contributed by atoms with Crippen molar-refractivity contribution in [3.63, 3.8) is 0 Å². The summed E-state index contributed by atoms with van der Waals surface area (Å²) in [6.07, 6.45) is 6.16. The number of aromatic nitrogens is 1. The number of pyridine rings is 1. The first-order valence-electron chi connectivity index (χ1n) is 7.14. The van der Waals surface area contributed by atoms with Crippen LogP contribution in [0.2, 0.25) is 0 Å². The van der Waals surface area contributed by atoms with Crippen LogP contribution in [0.4, 0.5) is 5.69 Å². The summed E-state index contributed by atoms with van der Waals surface area (Å²) in [5, 5.41) is 9.82. The van der Waals surface area contributed by atoms with Gasteiger partial charge in [0.05, 0.1) is 18.0 Å². The van der Waals surface area contributed by atoms with Crippen LogP contribution in [0, 0.1) is 0 Å². The smallest absolute Gasteiger partial charge is 0.180 e. The largest absolute Gasteiger partial charge is 0.393 e. The zero-order chi connectivity index (χ0) is 13.4. The predicted octanol–water partition coefficient (Wildman–Crippen LogP) is 2.17. The van der Waals surface area contributed by atoms with E-state index in [1.807, 2.05) is 25.3 Å². The van der Waals surface area contributed by atoms with Gasteiger partial charge in [0.25, 0.3) is 0 Å². The minimum absolute atomic E-state index is 0.0867. The Morgan fingerprint density at radius 1 is 1.37 bits per heavy atom. The molecule has 1 N–H and O–H groups in total. The zero-order valence-corrected chi connectivity index (χ0v) is 11.2. The third-order valence-corrected chi connectivity index (χ3v) is 4.36. The highest BCUT2D eigenvalue weighted by Crippen LogP contribution is 2.38. The standard InChI is InChI=1S/C15H20N2O2/c1-2-15(19)14-6-5-12(9-16-14)17-10-3-4-11(17)8-13(18)7-10/h5-6,9-11,13,18H,2-4,7-8H2,1H3. The molecule has 4 heteroatoms. The maximum atomic E-state index is 11.6. The fourth-order valence-corrected chi connectivity index (χ4v) is 3.45.